The minimum Gasteiger partial charge on any atom is -0.464 e. The number of hydrogen-bond donors (Lipinski definition) is 1. The third-order valence-electron chi connectivity index (χ3n) is 2.64. The van der Waals surface area contributed by atoms with Gasteiger partial charge >= 0.3 is 6.01 Å². The van der Waals surface area contributed by atoms with Crippen molar-refractivity contribution in [1.82, 2.24) is 15.0 Å². The average Bonchev–Trinajstić information content (AvgIpc) is 2.42. The second-order valence-electron chi connectivity index (χ2n) is 4.19. The zero-order valence-electron chi connectivity index (χ0n) is 11.8. The van der Waals surface area contributed by atoms with Gasteiger partial charge in [0.25, 0.3) is 0 Å². The maximum absolute atomic E-state index is 13.3. The lowest BCUT2D eigenvalue weighted by Gasteiger charge is -2.08. The molecule has 0 aliphatic heterocycles. The molecular formula is C14H17FN4O. The number of aryl methyl sites for hydroxylation is 1. The molecule has 0 saturated heterocycles. The molecule has 20 heavy (non-hydrogen) atoms. The highest BCUT2D eigenvalue weighted by Crippen LogP contribution is 2.21. The molecule has 1 N–H and O–H groups in total. The second-order valence-corrected chi connectivity index (χ2v) is 4.19. The predicted molar refractivity (Wildman–Crippen MR) is 75.3 cm³/mol. The van der Waals surface area contributed by atoms with E-state index in [0.717, 1.165) is 5.56 Å². The summed E-state index contributed by atoms with van der Waals surface area (Å²) in [5.74, 6) is 0.658. The number of nitrogens with one attached hydrogen (secondary N) is 1. The van der Waals surface area contributed by atoms with E-state index in [0.29, 0.717) is 30.5 Å². The first-order valence-corrected chi connectivity index (χ1v) is 6.53. The van der Waals surface area contributed by atoms with E-state index in [1.165, 1.54) is 6.07 Å². The summed E-state index contributed by atoms with van der Waals surface area (Å²) in [6, 6.07) is 5.01. The third-order valence-corrected chi connectivity index (χ3v) is 2.64. The number of halogens is 1. The van der Waals surface area contributed by atoms with Crippen LogP contribution in [0.5, 0.6) is 6.01 Å². The van der Waals surface area contributed by atoms with Gasteiger partial charge in [-0.3, -0.25) is 0 Å². The second kappa shape index (κ2) is 6.27. The number of nitrogens with zero attached hydrogens (tertiary/aromatic N) is 3. The lowest BCUT2D eigenvalue weighted by Crippen LogP contribution is -2.07. The standard InChI is InChI=1S/C14H17FN4O/c1-4-16-13-17-12(18-14(19-13)20-5-2)10-6-7-11(15)9(3)8-10/h6-8H,4-5H2,1-3H3,(H,16,17,18,19). The monoisotopic (exact) mass is 276 g/mol. The maximum atomic E-state index is 13.3. The Labute approximate surface area is 117 Å². The summed E-state index contributed by atoms with van der Waals surface area (Å²) in [6.07, 6.45) is 0. The molecule has 0 amide bonds. The minimum absolute atomic E-state index is 0.250. The normalized spacial score (nSPS) is 10.4. The van der Waals surface area contributed by atoms with Gasteiger partial charge in [-0.25, -0.2) is 4.39 Å². The van der Waals surface area contributed by atoms with Gasteiger partial charge in [0.2, 0.25) is 5.95 Å². The SMILES string of the molecule is CCNc1nc(OCC)nc(-c2ccc(F)c(C)c2)n1. The van der Waals surface area contributed by atoms with Crippen molar-refractivity contribution >= 4 is 5.95 Å². The molecule has 1 aromatic carbocycles. The fourth-order valence-electron chi connectivity index (χ4n) is 1.70. The van der Waals surface area contributed by atoms with E-state index in [2.05, 4.69) is 20.3 Å². The Morgan fingerprint density at radius 2 is 2.00 bits per heavy atom. The number of rotatable bonds is 5. The quantitative estimate of drug-likeness (QED) is 0.910. The Bertz CT molecular complexity index is 579. The highest BCUT2D eigenvalue weighted by atomic mass is 19.1. The summed E-state index contributed by atoms with van der Waals surface area (Å²) in [7, 11) is 0. The van der Waals surface area contributed by atoms with Crippen LogP contribution in [0.3, 0.4) is 0 Å². The fraction of sp³-hybridized carbons (Fsp3) is 0.357. The van der Waals surface area contributed by atoms with E-state index in [4.69, 9.17) is 4.74 Å². The van der Waals surface area contributed by atoms with Crippen LogP contribution in [0.2, 0.25) is 0 Å². The van der Waals surface area contributed by atoms with Gasteiger partial charge in [-0.05, 0) is 44.5 Å². The first-order chi connectivity index (χ1) is 9.63. The van der Waals surface area contributed by atoms with Crippen LogP contribution < -0.4 is 10.1 Å². The topological polar surface area (TPSA) is 59.9 Å². The Morgan fingerprint density at radius 1 is 1.20 bits per heavy atom. The van der Waals surface area contributed by atoms with Crippen LogP contribution in [-0.4, -0.2) is 28.1 Å². The molecule has 0 aliphatic carbocycles. The molecule has 5 nitrogen and oxygen atoms in total. The van der Waals surface area contributed by atoms with Gasteiger partial charge < -0.3 is 10.1 Å². The summed E-state index contributed by atoms with van der Waals surface area (Å²) in [5, 5.41) is 3.03. The molecule has 0 spiro atoms. The summed E-state index contributed by atoms with van der Waals surface area (Å²) >= 11 is 0. The molecule has 0 atom stereocenters. The van der Waals surface area contributed by atoms with E-state index >= 15 is 0 Å². The number of hydrogen-bond acceptors (Lipinski definition) is 5. The molecule has 2 aromatic rings. The summed E-state index contributed by atoms with van der Waals surface area (Å²) in [4.78, 5) is 12.7. The fourth-order valence-corrected chi connectivity index (χ4v) is 1.70. The van der Waals surface area contributed by atoms with Crippen LogP contribution >= 0.6 is 0 Å². The van der Waals surface area contributed by atoms with Crippen molar-refractivity contribution in [3.63, 3.8) is 0 Å². The van der Waals surface area contributed by atoms with Crippen molar-refractivity contribution in [2.75, 3.05) is 18.5 Å². The number of aromatic nitrogens is 3. The molecule has 2 rings (SSSR count). The highest BCUT2D eigenvalue weighted by Gasteiger charge is 2.10. The van der Waals surface area contributed by atoms with Crippen LogP contribution in [0.4, 0.5) is 10.3 Å². The Hall–Kier alpha value is -2.24. The van der Waals surface area contributed by atoms with E-state index in [1.54, 1.807) is 19.1 Å². The summed E-state index contributed by atoms with van der Waals surface area (Å²) < 4.78 is 18.7. The molecule has 1 heterocycles. The van der Waals surface area contributed by atoms with Crippen molar-refractivity contribution in [2.24, 2.45) is 0 Å². The molecule has 106 valence electrons. The number of ether oxygens (including phenoxy) is 1. The van der Waals surface area contributed by atoms with Gasteiger partial charge in [-0.2, -0.15) is 15.0 Å². The van der Waals surface area contributed by atoms with E-state index in [-0.39, 0.29) is 11.8 Å². The lowest BCUT2D eigenvalue weighted by molar-refractivity contribution is 0.312. The van der Waals surface area contributed by atoms with Crippen LogP contribution in [0, 0.1) is 12.7 Å². The Morgan fingerprint density at radius 3 is 2.65 bits per heavy atom. The molecule has 0 bridgehead atoms. The maximum Gasteiger partial charge on any atom is 0.321 e. The third kappa shape index (κ3) is 3.20. The molecule has 0 radical (unpaired) electrons. The molecule has 0 fully saturated rings. The van der Waals surface area contributed by atoms with Crippen LogP contribution in [-0.2, 0) is 0 Å². The average molecular weight is 276 g/mol. The minimum atomic E-state index is -0.250. The van der Waals surface area contributed by atoms with Crippen LogP contribution in [0.25, 0.3) is 11.4 Å². The van der Waals surface area contributed by atoms with Gasteiger partial charge in [0.15, 0.2) is 5.82 Å². The van der Waals surface area contributed by atoms with Crippen molar-refractivity contribution in [1.29, 1.82) is 0 Å². The molecule has 0 saturated carbocycles. The summed E-state index contributed by atoms with van der Waals surface area (Å²) in [5.41, 5.74) is 1.28. The predicted octanol–water partition coefficient (Wildman–Crippen LogP) is 2.82. The van der Waals surface area contributed by atoms with Crippen molar-refractivity contribution in [3.8, 4) is 17.4 Å². The molecule has 6 heteroatoms. The van der Waals surface area contributed by atoms with Gasteiger partial charge in [-0.1, -0.05) is 0 Å². The smallest absolute Gasteiger partial charge is 0.321 e. The van der Waals surface area contributed by atoms with Crippen molar-refractivity contribution in [2.45, 2.75) is 20.8 Å². The van der Waals surface area contributed by atoms with Crippen LogP contribution in [0.15, 0.2) is 18.2 Å². The largest absolute Gasteiger partial charge is 0.464 e. The summed E-state index contributed by atoms with van der Waals surface area (Å²) in [6.45, 7) is 6.67. The highest BCUT2D eigenvalue weighted by molar-refractivity contribution is 5.57. The zero-order valence-corrected chi connectivity index (χ0v) is 11.8. The number of anilines is 1. The van der Waals surface area contributed by atoms with Crippen molar-refractivity contribution < 1.29 is 9.13 Å². The van der Waals surface area contributed by atoms with Crippen molar-refractivity contribution in [3.05, 3.63) is 29.6 Å². The molecule has 1 aromatic heterocycles. The molecule has 0 aliphatic rings. The lowest BCUT2D eigenvalue weighted by atomic mass is 10.1. The Balaban J connectivity index is 2.45. The van der Waals surface area contributed by atoms with E-state index < -0.39 is 0 Å². The van der Waals surface area contributed by atoms with Gasteiger partial charge in [0, 0.05) is 12.1 Å². The zero-order chi connectivity index (χ0) is 14.5. The van der Waals surface area contributed by atoms with Crippen LogP contribution in [0.1, 0.15) is 19.4 Å². The molecular weight excluding hydrogens is 259 g/mol. The van der Waals surface area contributed by atoms with E-state index in [1.807, 2.05) is 13.8 Å². The van der Waals surface area contributed by atoms with Gasteiger partial charge in [0.05, 0.1) is 6.61 Å². The molecule has 0 unspecified atom stereocenters. The van der Waals surface area contributed by atoms with Gasteiger partial charge in [-0.15, -0.1) is 0 Å². The van der Waals surface area contributed by atoms with Gasteiger partial charge in [0.1, 0.15) is 5.82 Å². The Kier molecular flexibility index (Phi) is 4.45. The van der Waals surface area contributed by atoms with E-state index in [9.17, 15) is 4.39 Å². The first-order valence-electron chi connectivity index (χ1n) is 6.53. The first kappa shape index (κ1) is 14.2. The number of benzene rings is 1.